The van der Waals surface area contributed by atoms with E-state index in [-0.39, 0.29) is 6.04 Å². The molecule has 0 amide bonds. The van der Waals surface area contributed by atoms with Crippen LogP contribution in [-0.2, 0) is 19.3 Å². The summed E-state index contributed by atoms with van der Waals surface area (Å²) in [6.07, 6.45) is 6.62. The second kappa shape index (κ2) is 8.15. The first-order valence-electron chi connectivity index (χ1n) is 10.2. The molecule has 1 aliphatic heterocycles. The predicted molar refractivity (Wildman–Crippen MR) is 103 cm³/mol. The van der Waals surface area contributed by atoms with E-state index in [2.05, 4.69) is 20.2 Å². The van der Waals surface area contributed by atoms with Gasteiger partial charge in [0.25, 0.3) is 0 Å². The number of alkyl halides is 3. The number of aromatic nitrogens is 2. The number of nitrogens with zero attached hydrogens (tertiary/aromatic N) is 2. The van der Waals surface area contributed by atoms with Gasteiger partial charge in [0.15, 0.2) is 0 Å². The predicted octanol–water partition coefficient (Wildman–Crippen LogP) is 4.88. The van der Waals surface area contributed by atoms with Gasteiger partial charge >= 0.3 is 6.18 Å². The van der Waals surface area contributed by atoms with E-state index in [0.29, 0.717) is 18.7 Å². The number of hydrogen-bond donors (Lipinski definition) is 2. The molecule has 1 atom stereocenters. The molecule has 2 aliphatic rings. The van der Waals surface area contributed by atoms with Gasteiger partial charge in [-0.15, -0.1) is 0 Å². The number of imidazole rings is 1. The van der Waals surface area contributed by atoms with E-state index in [1.807, 2.05) is 0 Å². The number of fused-ring (bicyclic) bond motifs is 1. The van der Waals surface area contributed by atoms with Gasteiger partial charge in [-0.25, -0.2) is 4.98 Å². The van der Waals surface area contributed by atoms with Gasteiger partial charge in [-0.1, -0.05) is 25.7 Å². The van der Waals surface area contributed by atoms with Gasteiger partial charge in [0, 0.05) is 31.0 Å². The first kappa shape index (κ1) is 19.3. The van der Waals surface area contributed by atoms with Crippen molar-refractivity contribution in [3.8, 4) is 0 Å². The Bertz CT molecular complexity index is 766. The summed E-state index contributed by atoms with van der Waals surface area (Å²) in [5, 5.41) is 3.38. The van der Waals surface area contributed by atoms with Crippen molar-refractivity contribution in [2.75, 3.05) is 11.4 Å². The summed E-state index contributed by atoms with van der Waals surface area (Å²) in [4.78, 5) is 9.50. The average molecular weight is 392 g/mol. The summed E-state index contributed by atoms with van der Waals surface area (Å²) in [7, 11) is 0. The minimum Gasteiger partial charge on any atom is -0.361 e. The molecule has 0 radical (unpaired) electrons. The molecule has 2 aromatic rings. The van der Waals surface area contributed by atoms with Crippen LogP contribution in [0.4, 0.5) is 18.9 Å². The zero-order chi connectivity index (χ0) is 19.6. The van der Waals surface area contributed by atoms with E-state index in [1.165, 1.54) is 44.2 Å². The van der Waals surface area contributed by atoms with Crippen molar-refractivity contribution in [1.29, 1.82) is 0 Å². The lowest BCUT2D eigenvalue weighted by Crippen LogP contribution is -2.40. The summed E-state index contributed by atoms with van der Waals surface area (Å²) in [6.45, 7) is 1.85. The maximum absolute atomic E-state index is 13.2. The smallest absolute Gasteiger partial charge is 0.361 e. The first-order valence-corrected chi connectivity index (χ1v) is 10.2. The van der Waals surface area contributed by atoms with Crippen LogP contribution in [0, 0.1) is 5.92 Å². The highest BCUT2D eigenvalue weighted by Crippen LogP contribution is 2.36. The van der Waals surface area contributed by atoms with Crippen LogP contribution in [0.5, 0.6) is 0 Å². The summed E-state index contributed by atoms with van der Waals surface area (Å²) < 4.78 is 39.6. The molecule has 0 saturated heterocycles. The van der Waals surface area contributed by atoms with Gasteiger partial charge in [0.2, 0.25) is 0 Å². The third kappa shape index (κ3) is 4.35. The minimum absolute atomic E-state index is 0.252. The number of halogens is 3. The molecule has 1 saturated carbocycles. The Morgan fingerprint density at radius 3 is 2.68 bits per heavy atom. The number of aromatic amines is 1. The number of hydrogen-bond acceptors (Lipinski definition) is 3. The molecule has 1 aliphatic carbocycles. The Labute approximate surface area is 163 Å². The number of anilines is 1. The highest BCUT2D eigenvalue weighted by molar-refractivity contribution is 5.57. The summed E-state index contributed by atoms with van der Waals surface area (Å²) in [5.41, 5.74) is 1.99. The molecule has 2 N–H and O–H groups in total. The molecule has 0 spiro atoms. The number of benzene rings is 1. The van der Waals surface area contributed by atoms with Crippen LogP contribution in [0.15, 0.2) is 30.7 Å². The topological polar surface area (TPSA) is 44.0 Å². The molecule has 28 heavy (non-hydrogen) atoms. The SMILES string of the molecule is FC(F)(F)c1ccc2c(c1)CNCC(CCC1CCCC1)N2Cc1cnc[nH]1. The zero-order valence-corrected chi connectivity index (χ0v) is 15.9. The third-order valence-electron chi connectivity index (χ3n) is 6.13. The molecule has 0 bridgehead atoms. The van der Waals surface area contributed by atoms with Crippen LogP contribution in [0.25, 0.3) is 0 Å². The van der Waals surface area contributed by atoms with Crippen molar-refractivity contribution in [3.05, 3.63) is 47.5 Å². The van der Waals surface area contributed by atoms with Crippen molar-refractivity contribution in [1.82, 2.24) is 15.3 Å². The molecule has 2 heterocycles. The monoisotopic (exact) mass is 392 g/mol. The number of H-pyrrole nitrogens is 1. The summed E-state index contributed by atoms with van der Waals surface area (Å²) >= 11 is 0. The molecule has 152 valence electrons. The zero-order valence-electron chi connectivity index (χ0n) is 15.9. The minimum atomic E-state index is -4.32. The fraction of sp³-hybridized carbons (Fsp3) is 0.571. The molecule has 4 rings (SSSR count). The van der Waals surface area contributed by atoms with Gasteiger partial charge in [0.05, 0.1) is 24.1 Å². The Kier molecular flexibility index (Phi) is 5.62. The van der Waals surface area contributed by atoms with Crippen molar-refractivity contribution < 1.29 is 13.2 Å². The third-order valence-corrected chi connectivity index (χ3v) is 6.13. The van der Waals surface area contributed by atoms with Gasteiger partial charge in [-0.05, 0) is 42.5 Å². The lowest BCUT2D eigenvalue weighted by Gasteiger charge is -2.33. The normalized spacial score (nSPS) is 21.0. The Balaban J connectivity index is 1.61. The van der Waals surface area contributed by atoms with E-state index in [1.54, 1.807) is 18.6 Å². The van der Waals surface area contributed by atoms with Crippen molar-refractivity contribution in [2.24, 2.45) is 5.92 Å². The highest BCUT2D eigenvalue weighted by atomic mass is 19.4. The van der Waals surface area contributed by atoms with Crippen LogP contribution >= 0.6 is 0 Å². The first-order chi connectivity index (χ1) is 13.5. The van der Waals surface area contributed by atoms with Crippen LogP contribution in [0.3, 0.4) is 0 Å². The number of rotatable bonds is 5. The molecule has 1 fully saturated rings. The van der Waals surface area contributed by atoms with Gasteiger partial charge in [-0.3, -0.25) is 0 Å². The van der Waals surface area contributed by atoms with E-state index in [4.69, 9.17) is 0 Å². The maximum Gasteiger partial charge on any atom is 0.416 e. The maximum atomic E-state index is 13.2. The average Bonchev–Trinajstić information content (AvgIpc) is 3.33. The van der Waals surface area contributed by atoms with Crippen molar-refractivity contribution in [3.63, 3.8) is 0 Å². The quantitative estimate of drug-likeness (QED) is 0.762. The number of nitrogens with one attached hydrogen (secondary N) is 2. The van der Waals surface area contributed by atoms with Crippen LogP contribution < -0.4 is 10.2 Å². The molecule has 4 nitrogen and oxygen atoms in total. The standard InChI is InChI=1S/C21H27F3N4/c22-21(23,24)17-6-8-20-16(9-17)10-25-12-19(7-5-15-3-1-2-4-15)28(20)13-18-11-26-14-27-18/h6,8-9,11,14-15,19,25H,1-5,7,10,12-13H2,(H,26,27). The Hall–Kier alpha value is -2.02. The van der Waals surface area contributed by atoms with E-state index >= 15 is 0 Å². The van der Waals surface area contributed by atoms with Crippen LogP contribution in [0.2, 0.25) is 0 Å². The molecule has 1 aromatic heterocycles. The molecule has 7 heteroatoms. The van der Waals surface area contributed by atoms with Crippen molar-refractivity contribution >= 4 is 5.69 Å². The second-order valence-electron chi connectivity index (χ2n) is 8.06. The van der Waals surface area contributed by atoms with Gasteiger partial charge in [-0.2, -0.15) is 13.2 Å². The molecule has 1 aromatic carbocycles. The fourth-order valence-corrected chi connectivity index (χ4v) is 4.62. The second-order valence-corrected chi connectivity index (χ2v) is 8.06. The summed E-state index contributed by atoms with van der Waals surface area (Å²) in [6, 6.07) is 4.39. The molecular weight excluding hydrogens is 365 g/mol. The lowest BCUT2D eigenvalue weighted by molar-refractivity contribution is -0.137. The summed E-state index contributed by atoms with van der Waals surface area (Å²) in [5.74, 6) is 0.796. The van der Waals surface area contributed by atoms with E-state index < -0.39 is 11.7 Å². The fourth-order valence-electron chi connectivity index (χ4n) is 4.62. The van der Waals surface area contributed by atoms with E-state index in [9.17, 15) is 13.2 Å². The highest BCUT2D eigenvalue weighted by Gasteiger charge is 2.33. The Morgan fingerprint density at radius 1 is 1.14 bits per heavy atom. The van der Waals surface area contributed by atoms with Gasteiger partial charge < -0.3 is 15.2 Å². The van der Waals surface area contributed by atoms with E-state index in [0.717, 1.165) is 30.3 Å². The van der Waals surface area contributed by atoms with Crippen LogP contribution in [0.1, 0.15) is 55.3 Å². The lowest BCUT2D eigenvalue weighted by atomic mass is 9.97. The Morgan fingerprint density at radius 2 is 1.96 bits per heavy atom. The van der Waals surface area contributed by atoms with Crippen molar-refractivity contribution in [2.45, 2.75) is 63.8 Å². The largest absolute Gasteiger partial charge is 0.416 e. The molecule has 1 unspecified atom stereocenters. The molecular formula is C21H27F3N4. The van der Waals surface area contributed by atoms with Gasteiger partial charge in [0.1, 0.15) is 0 Å². The van der Waals surface area contributed by atoms with Crippen LogP contribution in [-0.4, -0.2) is 22.6 Å².